The summed E-state index contributed by atoms with van der Waals surface area (Å²) in [6.45, 7) is 1.94. The molecule has 0 fully saturated rings. The number of aryl methyl sites for hydroxylation is 1. The molecule has 0 aliphatic heterocycles. The van der Waals surface area contributed by atoms with Crippen molar-refractivity contribution in [2.75, 3.05) is 0 Å². The van der Waals surface area contributed by atoms with Crippen LogP contribution in [-0.4, -0.2) is 9.91 Å². The largest absolute Gasteiger partial charge is 0.295 e. The number of hydrogen-bond acceptors (Lipinski definition) is 3. The van der Waals surface area contributed by atoms with E-state index in [0.717, 1.165) is 10.9 Å². The lowest BCUT2D eigenvalue weighted by Crippen LogP contribution is -1.93. The normalized spacial score (nSPS) is 11.1. The number of aromatic nitrogens is 1. The summed E-state index contributed by atoms with van der Waals surface area (Å²) < 4.78 is 0. The zero-order chi connectivity index (χ0) is 13.6. The number of para-hydroxylation sites is 1. The third-order valence-electron chi connectivity index (χ3n) is 3.07. The van der Waals surface area contributed by atoms with Crippen LogP contribution >= 0.6 is 11.6 Å². The SMILES string of the molecule is Cc1ccc2c(Cl)c3cccc([N+](=O)[O-])c3nc2c1. The molecule has 1 heterocycles. The molecule has 0 amide bonds. The van der Waals surface area contributed by atoms with Gasteiger partial charge in [-0.3, -0.25) is 10.1 Å². The molecule has 0 aliphatic carbocycles. The highest BCUT2D eigenvalue weighted by molar-refractivity contribution is 6.40. The molecule has 3 aromatic rings. The van der Waals surface area contributed by atoms with Crippen LogP contribution in [0.15, 0.2) is 36.4 Å². The lowest BCUT2D eigenvalue weighted by atomic mass is 10.1. The first-order chi connectivity index (χ1) is 9.08. The summed E-state index contributed by atoms with van der Waals surface area (Å²) >= 11 is 6.34. The number of halogens is 1. The number of pyridine rings is 1. The highest BCUT2D eigenvalue weighted by atomic mass is 35.5. The first kappa shape index (κ1) is 11.9. The molecule has 0 spiro atoms. The fraction of sp³-hybridized carbons (Fsp3) is 0.0714. The molecule has 0 atom stereocenters. The number of non-ortho nitro benzene ring substituents is 1. The van der Waals surface area contributed by atoms with E-state index in [1.807, 2.05) is 25.1 Å². The lowest BCUT2D eigenvalue weighted by Gasteiger charge is -2.06. The summed E-state index contributed by atoms with van der Waals surface area (Å²) in [6, 6.07) is 10.5. The number of fused-ring (bicyclic) bond motifs is 2. The van der Waals surface area contributed by atoms with Crippen molar-refractivity contribution in [2.45, 2.75) is 6.92 Å². The Morgan fingerprint density at radius 1 is 1.21 bits per heavy atom. The number of nitrogens with zero attached hydrogens (tertiary/aromatic N) is 2. The monoisotopic (exact) mass is 272 g/mol. The van der Waals surface area contributed by atoms with Crippen LogP contribution in [0, 0.1) is 17.0 Å². The Bertz CT molecular complexity index is 830. The number of nitro benzene ring substituents is 1. The van der Waals surface area contributed by atoms with Gasteiger partial charge >= 0.3 is 0 Å². The number of benzene rings is 2. The van der Waals surface area contributed by atoms with Gasteiger partial charge in [-0.15, -0.1) is 0 Å². The van der Waals surface area contributed by atoms with E-state index in [9.17, 15) is 10.1 Å². The van der Waals surface area contributed by atoms with E-state index in [1.54, 1.807) is 12.1 Å². The van der Waals surface area contributed by atoms with Gasteiger partial charge in [-0.05, 0) is 18.6 Å². The molecule has 3 rings (SSSR count). The highest BCUT2D eigenvalue weighted by Gasteiger charge is 2.16. The number of nitro groups is 1. The van der Waals surface area contributed by atoms with Crippen molar-refractivity contribution in [3.05, 3.63) is 57.1 Å². The third kappa shape index (κ3) is 1.81. The summed E-state index contributed by atoms with van der Waals surface area (Å²) in [4.78, 5) is 15.0. The van der Waals surface area contributed by atoms with Crippen molar-refractivity contribution in [2.24, 2.45) is 0 Å². The molecule has 0 bridgehead atoms. The van der Waals surface area contributed by atoms with Crippen molar-refractivity contribution in [1.82, 2.24) is 4.98 Å². The smallest absolute Gasteiger partial charge is 0.258 e. The Hall–Kier alpha value is -2.20. The summed E-state index contributed by atoms with van der Waals surface area (Å²) in [6.07, 6.45) is 0. The zero-order valence-corrected chi connectivity index (χ0v) is 10.8. The van der Waals surface area contributed by atoms with Gasteiger partial charge in [-0.1, -0.05) is 35.9 Å². The molecule has 19 heavy (non-hydrogen) atoms. The molecule has 5 heteroatoms. The predicted molar refractivity (Wildman–Crippen MR) is 75.7 cm³/mol. The quantitative estimate of drug-likeness (QED) is 0.378. The Balaban J connectivity index is 2.54. The molecule has 1 aromatic heterocycles. The first-order valence-electron chi connectivity index (χ1n) is 5.71. The van der Waals surface area contributed by atoms with E-state index in [2.05, 4.69) is 4.98 Å². The van der Waals surface area contributed by atoms with Gasteiger partial charge in [-0.2, -0.15) is 0 Å². The lowest BCUT2D eigenvalue weighted by molar-refractivity contribution is -0.383. The molecular formula is C14H9ClN2O2. The maximum atomic E-state index is 11.1. The van der Waals surface area contributed by atoms with E-state index in [-0.39, 0.29) is 5.69 Å². The average Bonchev–Trinajstić information content (AvgIpc) is 2.37. The van der Waals surface area contributed by atoms with Crippen molar-refractivity contribution in [3.63, 3.8) is 0 Å². The second-order valence-electron chi connectivity index (χ2n) is 4.38. The van der Waals surface area contributed by atoms with Gasteiger partial charge in [0.25, 0.3) is 5.69 Å². The van der Waals surface area contributed by atoms with Crippen LogP contribution in [0.3, 0.4) is 0 Å². The molecule has 0 saturated heterocycles. The van der Waals surface area contributed by atoms with E-state index < -0.39 is 4.92 Å². The minimum atomic E-state index is -0.437. The fourth-order valence-electron chi connectivity index (χ4n) is 2.16. The van der Waals surface area contributed by atoms with E-state index in [1.165, 1.54) is 6.07 Å². The molecule has 0 N–H and O–H groups in total. The van der Waals surface area contributed by atoms with Crippen LogP contribution in [0.4, 0.5) is 5.69 Å². The van der Waals surface area contributed by atoms with Gasteiger partial charge < -0.3 is 0 Å². The Kier molecular flexibility index (Phi) is 2.61. The van der Waals surface area contributed by atoms with Gasteiger partial charge in [0.05, 0.1) is 15.5 Å². The maximum absolute atomic E-state index is 11.1. The van der Waals surface area contributed by atoms with E-state index >= 15 is 0 Å². The molecule has 2 aromatic carbocycles. The van der Waals surface area contributed by atoms with Gasteiger partial charge in [0, 0.05) is 16.8 Å². The minimum absolute atomic E-state index is 0.0252. The summed E-state index contributed by atoms with van der Waals surface area (Å²) in [5.74, 6) is 0. The Morgan fingerprint density at radius 3 is 2.74 bits per heavy atom. The summed E-state index contributed by atoms with van der Waals surface area (Å²) in [7, 11) is 0. The van der Waals surface area contributed by atoms with Gasteiger partial charge in [0.15, 0.2) is 0 Å². The van der Waals surface area contributed by atoms with Crippen molar-refractivity contribution < 1.29 is 4.92 Å². The van der Waals surface area contributed by atoms with Crippen molar-refractivity contribution >= 4 is 39.1 Å². The zero-order valence-electron chi connectivity index (χ0n) is 10.1. The summed E-state index contributed by atoms with van der Waals surface area (Å²) in [5, 5.41) is 13.0. The topological polar surface area (TPSA) is 56.0 Å². The van der Waals surface area contributed by atoms with Crippen molar-refractivity contribution in [3.8, 4) is 0 Å². The van der Waals surface area contributed by atoms with Crippen LogP contribution in [0.1, 0.15) is 5.56 Å². The number of rotatable bonds is 1. The fourth-order valence-corrected chi connectivity index (χ4v) is 2.47. The van der Waals surface area contributed by atoms with Gasteiger partial charge in [0.2, 0.25) is 0 Å². The maximum Gasteiger partial charge on any atom is 0.295 e. The second kappa shape index (κ2) is 4.17. The molecule has 0 radical (unpaired) electrons. The van der Waals surface area contributed by atoms with Crippen molar-refractivity contribution in [1.29, 1.82) is 0 Å². The molecule has 0 saturated carbocycles. The molecule has 94 valence electrons. The highest BCUT2D eigenvalue weighted by Crippen LogP contribution is 2.34. The van der Waals surface area contributed by atoms with Crippen LogP contribution in [0.2, 0.25) is 5.02 Å². The standard InChI is InChI=1S/C14H9ClN2O2/c1-8-5-6-9-11(7-8)16-14-10(13(9)15)3-2-4-12(14)17(18)19/h2-7H,1H3. The third-order valence-corrected chi connectivity index (χ3v) is 3.48. The van der Waals surface area contributed by atoms with Crippen LogP contribution in [-0.2, 0) is 0 Å². The predicted octanol–water partition coefficient (Wildman–Crippen LogP) is 4.26. The molecule has 0 aliphatic rings. The Morgan fingerprint density at radius 2 is 2.00 bits per heavy atom. The number of hydrogen-bond donors (Lipinski definition) is 0. The van der Waals surface area contributed by atoms with Gasteiger partial charge in [-0.25, -0.2) is 4.98 Å². The minimum Gasteiger partial charge on any atom is -0.258 e. The molecule has 0 unspecified atom stereocenters. The second-order valence-corrected chi connectivity index (χ2v) is 4.75. The van der Waals surface area contributed by atoms with Crippen LogP contribution < -0.4 is 0 Å². The summed E-state index contributed by atoms with van der Waals surface area (Å²) in [5.41, 5.74) is 2.01. The van der Waals surface area contributed by atoms with Gasteiger partial charge in [0.1, 0.15) is 5.52 Å². The average molecular weight is 273 g/mol. The molecular weight excluding hydrogens is 264 g/mol. The van der Waals surface area contributed by atoms with E-state index in [4.69, 9.17) is 11.6 Å². The Labute approximate surface area is 113 Å². The first-order valence-corrected chi connectivity index (χ1v) is 6.08. The molecule has 4 nitrogen and oxygen atoms in total. The van der Waals surface area contributed by atoms with Crippen LogP contribution in [0.25, 0.3) is 21.8 Å². The van der Waals surface area contributed by atoms with E-state index in [0.29, 0.717) is 21.4 Å². The van der Waals surface area contributed by atoms with Crippen LogP contribution in [0.5, 0.6) is 0 Å².